The Bertz CT molecular complexity index is 2140. The average Bonchev–Trinajstić information content (AvgIpc) is 3.64. The van der Waals surface area contributed by atoms with Crippen molar-refractivity contribution in [2.75, 3.05) is 31.6 Å². The lowest BCUT2D eigenvalue weighted by Crippen LogP contribution is -2.47. The number of halogens is 4. The number of benzene rings is 1. The molecule has 17 heteroatoms. The van der Waals surface area contributed by atoms with E-state index in [0.29, 0.717) is 25.7 Å². The summed E-state index contributed by atoms with van der Waals surface area (Å²) in [5.41, 5.74) is -1.78. The van der Waals surface area contributed by atoms with Crippen LogP contribution in [0.1, 0.15) is 52.4 Å². The lowest BCUT2D eigenvalue weighted by molar-refractivity contribution is -0.137. The summed E-state index contributed by atoms with van der Waals surface area (Å²) in [6.45, 7) is 4.63. The summed E-state index contributed by atoms with van der Waals surface area (Å²) in [4.78, 5) is 51.0. The zero-order chi connectivity index (χ0) is 34.7. The number of carbonyl (C=O) groups is 2. The SMILES string of the molecule is C=C1OC2(CCN(C(=O)c3ncccc3O)CC2)c2c1n(CC(=O)Nc1ccc(C(F)(F)F)cc1Cl)c1nc(C3=CCOCC3)nn1c2=O. The van der Waals surface area contributed by atoms with E-state index in [1.807, 2.05) is 0 Å². The molecule has 1 fully saturated rings. The van der Waals surface area contributed by atoms with Crippen molar-refractivity contribution in [1.82, 2.24) is 29.0 Å². The molecule has 0 aliphatic carbocycles. The molecule has 0 radical (unpaired) electrons. The molecule has 1 spiro atoms. The van der Waals surface area contributed by atoms with Gasteiger partial charge in [0.25, 0.3) is 11.5 Å². The maximum Gasteiger partial charge on any atom is 0.416 e. The van der Waals surface area contributed by atoms with Crippen LogP contribution in [0.2, 0.25) is 5.02 Å². The van der Waals surface area contributed by atoms with Crippen molar-refractivity contribution < 1.29 is 37.3 Å². The number of fused-ring (bicyclic) bond motifs is 3. The van der Waals surface area contributed by atoms with Crippen molar-refractivity contribution in [2.24, 2.45) is 0 Å². The monoisotopic (exact) mass is 697 g/mol. The number of hydrogen-bond donors (Lipinski definition) is 2. The highest BCUT2D eigenvalue weighted by atomic mass is 35.5. The second-order valence-corrected chi connectivity index (χ2v) is 12.1. The van der Waals surface area contributed by atoms with Crippen LogP contribution in [0.3, 0.4) is 0 Å². The molecule has 0 bridgehead atoms. The van der Waals surface area contributed by atoms with Gasteiger partial charge >= 0.3 is 6.18 Å². The summed E-state index contributed by atoms with van der Waals surface area (Å²) in [5, 5.41) is 16.9. The van der Waals surface area contributed by atoms with Gasteiger partial charge in [-0.3, -0.25) is 19.0 Å². The van der Waals surface area contributed by atoms with Gasteiger partial charge in [0.1, 0.15) is 23.7 Å². The highest BCUT2D eigenvalue weighted by molar-refractivity contribution is 6.33. The van der Waals surface area contributed by atoms with Crippen LogP contribution in [0.4, 0.5) is 18.9 Å². The van der Waals surface area contributed by atoms with E-state index in [-0.39, 0.29) is 76.7 Å². The quantitative estimate of drug-likeness (QED) is 0.312. The van der Waals surface area contributed by atoms with Crippen molar-refractivity contribution in [3.05, 3.63) is 92.9 Å². The molecule has 0 atom stereocenters. The Hall–Kier alpha value is -5.22. The topological polar surface area (TPSA) is 153 Å². The third kappa shape index (κ3) is 5.69. The number of nitrogens with one attached hydrogen (secondary N) is 1. The molecule has 49 heavy (non-hydrogen) atoms. The lowest BCUT2D eigenvalue weighted by atomic mass is 9.85. The van der Waals surface area contributed by atoms with E-state index in [0.717, 1.165) is 22.2 Å². The van der Waals surface area contributed by atoms with E-state index in [1.165, 1.54) is 27.8 Å². The van der Waals surface area contributed by atoms with Gasteiger partial charge in [-0.15, -0.1) is 5.10 Å². The number of nitrogens with zero attached hydrogens (tertiary/aromatic N) is 6. The number of ether oxygens (including phenoxy) is 2. The molecule has 2 N–H and O–H groups in total. The summed E-state index contributed by atoms with van der Waals surface area (Å²) in [5.74, 6) is -1.06. The smallest absolute Gasteiger partial charge is 0.416 e. The summed E-state index contributed by atoms with van der Waals surface area (Å²) < 4.78 is 53.8. The Morgan fingerprint density at radius 2 is 1.96 bits per heavy atom. The van der Waals surface area contributed by atoms with E-state index in [9.17, 15) is 32.7 Å². The normalized spacial score (nSPS) is 17.2. The molecule has 0 saturated carbocycles. The van der Waals surface area contributed by atoms with Crippen LogP contribution in [0.15, 0.2) is 54.0 Å². The first-order valence-corrected chi connectivity index (χ1v) is 15.5. The number of rotatable bonds is 5. The standard InChI is InChI=1S/C32H27ClF3N7O6/c1-17-26-24(31(49-17)8-11-41(12-9-31)29(47)25-22(44)3-2-10-37-25)28(46)43-30(39-27(40-43)18-6-13-48-14-7-18)42(26)16-23(45)38-21-5-4-19(15-20(21)33)32(34,35)36/h2-6,10,15,44H,1,7-9,11-14,16H2,(H,38,45). The Morgan fingerprint density at radius 3 is 2.63 bits per heavy atom. The molecule has 7 rings (SSSR count). The number of amides is 2. The minimum absolute atomic E-state index is 0.0137. The summed E-state index contributed by atoms with van der Waals surface area (Å²) in [6, 6.07) is 5.44. The van der Waals surface area contributed by atoms with E-state index in [2.05, 4.69) is 27.0 Å². The number of anilines is 1. The highest BCUT2D eigenvalue weighted by Gasteiger charge is 2.50. The molecule has 3 aliphatic heterocycles. The molecule has 1 aromatic carbocycles. The molecule has 4 aromatic rings. The van der Waals surface area contributed by atoms with Gasteiger partial charge in [0.05, 0.1) is 40.7 Å². The first-order valence-electron chi connectivity index (χ1n) is 15.2. The van der Waals surface area contributed by atoms with E-state index in [1.54, 1.807) is 6.08 Å². The van der Waals surface area contributed by atoms with Gasteiger partial charge in [0, 0.05) is 32.1 Å². The molecule has 13 nitrogen and oxygen atoms in total. The van der Waals surface area contributed by atoms with Crippen molar-refractivity contribution in [1.29, 1.82) is 0 Å². The third-order valence-corrected chi connectivity index (χ3v) is 9.07. The van der Waals surface area contributed by atoms with Gasteiger partial charge < -0.3 is 24.8 Å². The second-order valence-electron chi connectivity index (χ2n) is 11.7. The van der Waals surface area contributed by atoms with E-state index in [4.69, 9.17) is 21.1 Å². The zero-order valence-corrected chi connectivity index (χ0v) is 26.3. The number of hydrogen-bond acceptors (Lipinski definition) is 9. The Morgan fingerprint density at radius 1 is 1.18 bits per heavy atom. The number of alkyl halides is 3. The molecular formula is C32H27ClF3N7O6. The number of aromatic nitrogens is 5. The number of carbonyl (C=O) groups excluding carboxylic acids is 2. The Balaban J connectivity index is 1.27. The Labute approximate surface area is 280 Å². The van der Waals surface area contributed by atoms with Crippen LogP contribution in [0.5, 0.6) is 5.75 Å². The van der Waals surface area contributed by atoms with Gasteiger partial charge in [0.15, 0.2) is 11.5 Å². The summed E-state index contributed by atoms with van der Waals surface area (Å²) in [7, 11) is 0. The third-order valence-electron chi connectivity index (χ3n) is 8.75. The van der Waals surface area contributed by atoms with Crippen LogP contribution in [-0.4, -0.2) is 72.3 Å². The van der Waals surface area contributed by atoms with Gasteiger partial charge in [-0.05, 0) is 42.3 Å². The lowest BCUT2D eigenvalue weighted by Gasteiger charge is -2.38. The number of pyridine rings is 1. The predicted octanol–water partition coefficient (Wildman–Crippen LogP) is 4.24. The molecule has 3 aliphatic rings. The van der Waals surface area contributed by atoms with E-state index >= 15 is 0 Å². The molecule has 1 saturated heterocycles. The first-order chi connectivity index (χ1) is 23.4. The zero-order valence-electron chi connectivity index (χ0n) is 25.6. The predicted molar refractivity (Wildman–Crippen MR) is 169 cm³/mol. The van der Waals surface area contributed by atoms with Crippen LogP contribution in [0.25, 0.3) is 17.1 Å². The van der Waals surface area contributed by atoms with Crippen LogP contribution >= 0.6 is 11.6 Å². The molecule has 6 heterocycles. The molecular weight excluding hydrogens is 671 g/mol. The minimum atomic E-state index is -4.63. The summed E-state index contributed by atoms with van der Waals surface area (Å²) >= 11 is 6.10. The fourth-order valence-electron chi connectivity index (χ4n) is 6.37. The fraction of sp³-hybridized carbons (Fsp3) is 0.312. The largest absolute Gasteiger partial charge is 0.505 e. The van der Waals surface area contributed by atoms with Crippen molar-refractivity contribution >= 4 is 46.2 Å². The fourth-order valence-corrected chi connectivity index (χ4v) is 6.60. The maximum absolute atomic E-state index is 14.3. The van der Waals surface area contributed by atoms with Gasteiger partial charge in [-0.2, -0.15) is 22.7 Å². The average molecular weight is 698 g/mol. The van der Waals surface area contributed by atoms with Crippen molar-refractivity contribution in [2.45, 2.75) is 37.6 Å². The number of aromatic hydroxyl groups is 1. The van der Waals surface area contributed by atoms with Gasteiger partial charge in [0.2, 0.25) is 11.7 Å². The molecule has 2 amide bonds. The van der Waals surface area contributed by atoms with Gasteiger partial charge in [-0.1, -0.05) is 24.3 Å². The van der Waals surface area contributed by atoms with Crippen LogP contribution < -0.4 is 10.9 Å². The number of likely N-dealkylation sites (tertiary alicyclic amines) is 1. The minimum Gasteiger partial charge on any atom is -0.505 e. The molecule has 254 valence electrons. The number of piperidine rings is 1. The van der Waals surface area contributed by atoms with Gasteiger partial charge in [-0.25, -0.2) is 4.98 Å². The van der Waals surface area contributed by atoms with Crippen molar-refractivity contribution in [3.8, 4) is 5.75 Å². The van der Waals surface area contributed by atoms with E-state index < -0.39 is 41.3 Å². The van der Waals surface area contributed by atoms with Crippen molar-refractivity contribution in [3.63, 3.8) is 0 Å². The molecule has 3 aromatic heterocycles. The highest BCUT2D eigenvalue weighted by Crippen LogP contribution is 2.47. The van der Waals surface area contributed by atoms with Crippen LogP contribution in [-0.2, 0) is 32.6 Å². The Kier molecular flexibility index (Phi) is 7.94. The van der Waals surface area contributed by atoms with Crippen LogP contribution in [0, 0.1) is 0 Å². The maximum atomic E-state index is 14.3. The molecule has 0 unspecified atom stereocenters. The first kappa shape index (κ1) is 32.3. The second kappa shape index (κ2) is 12.0. The summed E-state index contributed by atoms with van der Waals surface area (Å²) in [6.07, 6.45) is -0.605.